The van der Waals surface area contributed by atoms with E-state index in [1.807, 2.05) is 6.07 Å². The molecule has 0 fully saturated rings. The van der Waals surface area contributed by atoms with Gasteiger partial charge < -0.3 is 10.6 Å². The maximum absolute atomic E-state index is 13.1. The Hall–Kier alpha value is -3.88. The van der Waals surface area contributed by atoms with Crippen LogP contribution in [-0.4, -0.2) is 16.5 Å². The minimum atomic E-state index is -0.932. The molecule has 2 aromatic heterocycles. The Morgan fingerprint density at radius 1 is 0.848 bits per heavy atom. The van der Waals surface area contributed by atoms with Crippen LogP contribution < -0.4 is 21.5 Å². The first-order chi connectivity index (χ1) is 16.0. The number of hydrogen-bond acceptors (Lipinski definition) is 4. The summed E-state index contributed by atoms with van der Waals surface area (Å²) < 4.78 is 2.05. The molecule has 0 bridgehead atoms. The highest BCUT2D eigenvalue weighted by molar-refractivity contribution is 7.20. The van der Waals surface area contributed by atoms with Crippen molar-refractivity contribution in [2.75, 3.05) is 10.6 Å². The largest absolute Gasteiger partial charge is 0.324 e. The summed E-state index contributed by atoms with van der Waals surface area (Å²) in [7, 11) is 0. The first-order valence-corrected chi connectivity index (χ1v) is 11.2. The minimum Gasteiger partial charge on any atom is -0.324 e. The molecule has 33 heavy (non-hydrogen) atoms. The van der Waals surface area contributed by atoms with Gasteiger partial charge in [-0.05, 0) is 48.0 Å². The number of aromatic nitrogens is 1. The van der Waals surface area contributed by atoms with E-state index in [4.69, 9.17) is 11.6 Å². The number of urea groups is 1. The zero-order chi connectivity index (χ0) is 23.2. The fourth-order valence-electron chi connectivity index (χ4n) is 3.17. The van der Waals surface area contributed by atoms with E-state index in [0.29, 0.717) is 26.3 Å². The molecule has 0 radical (unpaired) electrons. The average Bonchev–Trinajstić information content (AvgIpc) is 3.23. The third-order valence-corrected chi connectivity index (χ3v) is 5.86. The Bertz CT molecular complexity index is 1320. The lowest BCUT2D eigenvalue weighted by Gasteiger charge is -2.19. The molecule has 2 aromatic carbocycles. The minimum absolute atomic E-state index is 0.152. The van der Waals surface area contributed by atoms with Gasteiger partial charge in [-0.1, -0.05) is 48.0 Å². The van der Waals surface area contributed by atoms with Gasteiger partial charge in [0.15, 0.2) is 0 Å². The first-order valence-electron chi connectivity index (χ1n) is 9.96. The summed E-state index contributed by atoms with van der Waals surface area (Å²) in [6.45, 7) is 0. The molecule has 0 aliphatic heterocycles. The Kier molecular flexibility index (Phi) is 6.87. The van der Waals surface area contributed by atoms with Crippen molar-refractivity contribution in [3.05, 3.63) is 111 Å². The van der Waals surface area contributed by atoms with Crippen molar-refractivity contribution in [2.24, 2.45) is 0 Å². The molecular formula is C24H19ClN4O3S. The van der Waals surface area contributed by atoms with Gasteiger partial charge in [-0.2, -0.15) is 0 Å². The highest BCUT2D eigenvalue weighted by atomic mass is 35.5. The van der Waals surface area contributed by atoms with Gasteiger partial charge in [0.25, 0.3) is 11.5 Å². The first kappa shape index (κ1) is 22.3. The van der Waals surface area contributed by atoms with Crippen LogP contribution in [0.3, 0.4) is 0 Å². The summed E-state index contributed by atoms with van der Waals surface area (Å²) >= 11 is 7.13. The molecule has 7 nitrogen and oxygen atoms in total. The van der Waals surface area contributed by atoms with Crippen molar-refractivity contribution in [2.45, 2.75) is 6.04 Å². The van der Waals surface area contributed by atoms with Gasteiger partial charge in [0.2, 0.25) is 0 Å². The number of thiophene rings is 1. The summed E-state index contributed by atoms with van der Waals surface area (Å²) in [5.41, 5.74) is 1.67. The number of rotatable bonds is 6. The molecule has 0 aliphatic rings. The lowest BCUT2D eigenvalue weighted by atomic mass is 10.1. The number of halogens is 1. The monoisotopic (exact) mass is 478 g/mol. The zero-order valence-electron chi connectivity index (χ0n) is 17.2. The van der Waals surface area contributed by atoms with Crippen LogP contribution in [0.15, 0.2) is 95.9 Å². The van der Waals surface area contributed by atoms with Gasteiger partial charge in [-0.25, -0.2) is 4.79 Å². The van der Waals surface area contributed by atoms with E-state index in [1.165, 1.54) is 22.0 Å². The summed E-state index contributed by atoms with van der Waals surface area (Å²) in [5.74, 6) is -0.412. The second kappa shape index (κ2) is 10.2. The number of nitrogens with one attached hydrogen (secondary N) is 3. The fourth-order valence-corrected chi connectivity index (χ4v) is 4.11. The maximum Gasteiger partial charge on any atom is 0.320 e. The summed E-state index contributed by atoms with van der Waals surface area (Å²) in [4.78, 5) is 37.6. The highest BCUT2D eigenvalue weighted by Crippen LogP contribution is 2.26. The highest BCUT2D eigenvalue weighted by Gasteiger charge is 2.23. The molecule has 1 atom stereocenters. The SMILES string of the molecule is O=C(Nc1ccc(Cl)s1)N[C@H](C(=O)Nc1ccc(-n2ccccc2=O)cc1)c1ccccc1. The smallest absolute Gasteiger partial charge is 0.320 e. The van der Waals surface area contributed by atoms with Crippen LogP contribution >= 0.6 is 22.9 Å². The van der Waals surface area contributed by atoms with E-state index < -0.39 is 18.0 Å². The van der Waals surface area contributed by atoms with E-state index in [9.17, 15) is 14.4 Å². The molecule has 4 rings (SSSR count). The number of carbonyl (C=O) groups is 2. The summed E-state index contributed by atoms with van der Waals surface area (Å²) in [6.07, 6.45) is 1.67. The predicted octanol–water partition coefficient (Wildman–Crippen LogP) is 5.05. The summed E-state index contributed by atoms with van der Waals surface area (Å²) in [6, 6.07) is 22.6. The number of nitrogens with zero attached hydrogens (tertiary/aromatic N) is 1. The van der Waals surface area contributed by atoms with E-state index in [-0.39, 0.29) is 5.56 Å². The van der Waals surface area contributed by atoms with Gasteiger partial charge in [-0.3, -0.25) is 19.5 Å². The third-order valence-electron chi connectivity index (χ3n) is 4.72. The van der Waals surface area contributed by atoms with Crippen LogP contribution in [0.25, 0.3) is 5.69 Å². The zero-order valence-corrected chi connectivity index (χ0v) is 18.8. The summed E-state index contributed by atoms with van der Waals surface area (Å²) in [5, 5.41) is 8.78. The molecule has 0 unspecified atom stereocenters. The van der Waals surface area contributed by atoms with E-state index in [1.54, 1.807) is 79.0 Å². The number of benzene rings is 2. The normalized spacial score (nSPS) is 11.4. The maximum atomic E-state index is 13.1. The van der Waals surface area contributed by atoms with Gasteiger partial charge in [-0.15, -0.1) is 11.3 Å². The van der Waals surface area contributed by atoms with Crippen LogP contribution in [0.4, 0.5) is 15.5 Å². The van der Waals surface area contributed by atoms with Gasteiger partial charge in [0.1, 0.15) is 6.04 Å². The van der Waals surface area contributed by atoms with Crippen LogP contribution in [0.1, 0.15) is 11.6 Å². The molecule has 0 saturated carbocycles. The quantitative estimate of drug-likeness (QED) is 0.362. The molecule has 0 saturated heterocycles. The average molecular weight is 479 g/mol. The molecule has 4 aromatic rings. The Morgan fingerprint density at radius 2 is 1.58 bits per heavy atom. The van der Waals surface area contributed by atoms with Crippen molar-refractivity contribution in [1.82, 2.24) is 9.88 Å². The van der Waals surface area contributed by atoms with Crippen LogP contribution in [0.5, 0.6) is 0 Å². The van der Waals surface area contributed by atoms with E-state index >= 15 is 0 Å². The molecule has 3 amide bonds. The lowest BCUT2D eigenvalue weighted by Crippen LogP contribution is -2.39. The Labute approximate surface area is 198 Å². The molecule has 0 spiro atoms. The number of carbonyl (C=O) groups excluding carboxylic acids is 2. The van der Waals surface area contributed by atoms with Gasteiger partial charge in [0.05, 0.1) is 9.34 Å². The molecule has 2 heterocycles. The molecule has 9 heteroatoms. The fraction of sp³-hybridized carbons (Fsp3) is 0.0417. The molecule has 166 valence electrons. The Balaban J connectivity index is 1.50. The van der Waals surface area contributed by atoms with Crippen LogP contribution in [0.2, 0.25) is 4.34 Å². The van der Waals surface area contributed by atoms with Crippen molar-refractivity contribution < 1.29 is 9.59 Å². The van der Waals surface area contributed by atoms with Crippen LogP contribution in [-0.2, 0) is 4.79 Å². The van der Waals surface area contributed by atoms with E-state index in [2.05, 4.69) is 16.0 Å². The Morgan fingerprint density at radius 3 is 2.24 bits per heavy atom. The van der Waals surface area contributed by atoms with Gasteiger partial charge in [0, 0.05) is 23.6 Å². The van der Waals surface area contributed by atoms with Crippen molar-refractivity contribution in [1.29, 1.82) is 0 Å². The third kappa shape index (κ3) is 5.68. The second-order valence-corrected chi connectivity index (χ2v) is 8.71. The van der Waals surface area contributed by atoms with E-state index in [0.717, 1.165) is 0 Å². The van der Waals surface area contributed by atoms with Crippen molar-refractivity contribution in [3.8, 4) is 5.69 Å². The number of pyridine rings is 1. The van der Waals surface area contributed by atoms with Crippen molar-refractivity contribution >= 4 is 45.6 Å². The number of anilines is 2. The second-order valence-electron chi connectivity index (χ2n) is 6.99. The topological polar surface area (TPSA) is 92.2 Å². The predicted molar refractivity (Wildman–Crippen MR) is 131 cm³/mol. The van der Waals surface area contributed by atoms with Crippen LogP contribution in [0, 0.1) is 0 Å². The molecular weight excluding hydrogens is 460 g/mol. The van der Waals surface area contributed by atoms with Crippen molar-refractivity contribution in [3.63, 3.8) is 0 Å². The van der Waals surface area contributed by atoms with Gasteiger partial charge >= 0.3 is 6.03 Å². The molecule has 0 aliphatic carbocycles. The standard InChI is InChI=1S/C24H19ClN4O3S/c25-19-13-14-20(33-19)27-24(32)28-22(16-6-2-1-3-7-16)23(31)26-17-9-11-18(12-10-17)29-15-5-4-8-21(29)30/h1-15,22H,(H,26,31)(H2,27,28,32)/t22-/m0/s1. The number of hydrogen-bond donors (Lipinski definition) is 3. The number of amides is 3. The lowest BCUT2D eigenvalue weighted by molar-refractivity contribution is -0.118. The molecule has 3 N–H and O–H groups in total.